The molecule has 6 fully saturated rings. The van der Waals surface area contributed by atoms with Crippen molar-refractivity contribution in [1.82, 2.24) is 45.6 Å². The van der Waals surface area contributed by atoms with Crippen LogP contribution in [-0.2, 0) is 24.0 Å². The highest BCUT2D eigenvalue weighted by Gasteiger charge is 2.30. The fourth-order valence-electron chi connectivity index (χ4n) is 8.58. The van der Waals surface area contributed by atoms with Gasteiger partial charge in [0, 0.05) is 136 Å². The van der Waals surface area contributed by atoms with Crippen LogP contribution in [0.15, 0.2) is 0 Å². The number of ether oxygens (including phenoxy) is 1. The molecule has 2 saturated carbocycles. The van der Waals surface area contributed by atoms with Gasteiger partial charge in [0.15, 0.2) is 0 Å². The van der Waals surface area contributed by atoms with Crippen LogP contribution < -0.4 is 26.6 Å². The van der Waals surface area contributed by atoms with Crippen molar-refractivity contribution < 1.29 is 18.5 Å². The largest absolute Gasteiger partial charge is 0.378 e. The number of piperidine rings is 1. The summed E-state index contributed by atoms with van der Waals surface area (Å²) in [5.41, 5.74) is 0. The lowest BCUT2D eigenvalue weighted by Crippen LogP contribution is -2.60. The van der Waals surface area contributed by atoms with Crippen LogP contribution in [0, 0.1) is 0 Å². The molecule has 4 aliphatic heterocycles. The van der Waals surface area contributed by atoms with E-state index in [0.717, 1.165) is 83.4 Å². The standard InChI is InChI=1S/C10H20N2O.C9H19N.C8H18N2OS.C8H16N2O.C8H17N.C6H13NO/c1-8(2)11-10-4-6-12(7-5-10)9(3)13;1-8(2)10(3)9-6-4-5-7-9;1-7(2)9-8-5-10(6-8)12(3,4)11;1-6(2)9-8-4-10(5-8)7(3)11;1-7(2)9-8-5-3-4-6-8;1-5(2)7-6-3-8-4-6/h8,10-11H,4-7H2,1-3H3;8-9H,4-7H2,1-3H3;7-9H,3,5-6H2,1-2,4H3;6,8-9H,4-5H2,1-3H3;7-9H,3-6H2,1-2H3;5-7H,3-4H2,1-2H3. The predicted octanol–water partition coefficient (Wildman–Crippen LogP) is 5.72. The second-order valence-electron chi connectivity index (χ2n) is 20.9. The average Bonchev–Trinajstić information content (AvgIpc) is 3.85. The summed E-state index contributed by atoms with van der Waals surface area (Å²) in [6.07, 6.45) is 15.3. The summed E-state index contributed by atoms with van der Waals surface area (Å²) in [7, 11) is 0.309. The molecule has 63 heavy (non-hydrogen) atoms. The van der Waals surface area contributed by atoms with Gasteiger partial charge in [0.1, 0.15) is 0 Å². The molecule has 0 spiro atoms. The van der Waals surface area contributed by atoms with Gasteiger partial charge in [-0.25, -0.2) is 4.31 Å². The van der Waals surface area contributed by atoms with Crippen molar-refractivity contribution in [3.05, 3.63) is 0 Å². The van der Waals surface area contributed by atoms with Gasteiger partial charge in [-0.05, 0) is 65.3 Å². The number of carbonyl (C=O) groups is 2. The SMILES string of the molecule is C=S(C)(=O)N1CC(NC(C)C)C1.CC(=O)N1CC(NC(C)C)C1.CC(=O)N1CCC(NC(C)C)CC1.CC(C)N(C)C1CCCC1.CC(C)NC1CCCC1.CC(C)NC1COC1. The van der Waals surface area contributed by atoms with Crippen molar-refractivity contribution in [3.63, 3.8) is 0 Å². The molecular formula is C49H103N9O4S. The number of hydrogen-bond donors (Lipinski definition) is 5. The Hall–Kier alpha value is -1.36. The molecule has 0 radical (unpaired) electrons. The van der Waals surface area contributed by atoms with Gasteiger partial charge in [0.2, 0.25) is 11.8 Å². The van der Waals surface area contributed by atoms with Gasteiger partial charge < -0.3 is 46.0 Å². The highest BCUT2D eigenvalue weighted by Crippen LogP contribution is 2.23. The first-order valence-electron chi connectivity index (χ1n) is 25.1. The van der Waals surface area contributed by atoms with Gasteiger partial charge >= 0.3 is 0 Å². The average molecular weight is 914 g/mol. The van der Waals surface area contributed by atoms with E-state index < -0.39 is 9.71 Å². The van der Waals surface area contributed by atoms with E-state index >= 15 is 0 Å². The molecule has 374 valence electrons. The predicted molar refractivity (Wildman–Crippen MR) is 271 cm³/mol. The number of amides is 2. The second-order valence-corrected chi connectivity index (χ2v) is 23.4. The first-order chi connectivity index (χ1) is 29.4. The molecule has 2 aliphatic carbocycles. The van der Waals surface area contributed by atoms with Crippen molar-refractivity contribution >= 4 is 27.4 Å². The van der Waals surface area contributed by atoms with Crippen molar-refractivity contribution in [1.29, 1.82) is 0 Å². The van der Waals surface area contributed by atoms with E-state index in [0.29, 0.717) is 54.4 Å². The summed E-state index contributed by atoms with van der Waals surface area (Å²) >= 11 is 0. The Morgan fingerprint density at radius 2 is 0.905 bits per heavy atom. The third-order valence-electron chi connectivity index (χ3n) is 12.2. The summed E-state index contributed by atoms with van der Waals surface area (Å²) in [6.45, 7) is 36.5. The molecule has 2 amide bonds. The maximum atomic E-state index is 11.4. The number of likely N-dealkylation sites (tertiary alicyclic amines) is 2. The zero-order valence-electron chi connectivity index (χ0n) is 43.7. The van der Waals surface area contributed by atoms with Crippen LogP contribution in [0.1, 0.15) is 161 Å². The Bertz CT molecular complexity index is 1300. The van der Waals surface area contributed by atoms with Crippen LogP contribution in [0.2, 0.25) is 0 Å². The zero-order valence-corrected chi connectivity index (χ0v) is 44.5. The number of hydrogen-bond acceptors (Lipinski definition) is 10. The zero-order chi connectivity index (χ0) is 47.9. The fraction of sp³-hybridized carbons (Fsp3) is 0.939. The van der Waals surface area contributed by atoms with Crippen LogP contribution in [-0.4, -0.2) is 179 Å². The number of carbonyl (C=O) groups excluding carboxylic acids is 2. The topological polar surface area (TPSA) is 134 Å². The first kappa shape index (κ1) is 59.7. The minimum atomic E-state index is -1.94. The monoisotopic (exact) mass is 914 g/mol. The lowest BCUT2D eigenvalue weighted by atomic mass is 10.0. The smallest absolute Gasteiger partial charge is 0.219 e. The van der Waals surface area contributed by atoms with Gasteiger partial charge in [0.05, 0.1) is 19.3 Å². The van der Waals surface area contributed by atoms with Gasteiger partial charge in [-0.15, -0.1) is 0 Å². The lowest BCUT2D eigenvalue weighted by Gasteiger charge is -2.41. The minimum absolute atomic E-state index is 0.187. The van der Waals surface area contributed by atoms with Gasteiger partial charge in [-0.2, -0.15) is 0 Å². The Kier molecular flexibility index (Phi) is 29.9. The lowest BCUT2D eigenvalue weighted by molar-refractivity contribution is -0.133. The van der Waals surface area contributed by atoms with Gasteiger partial charge in [-0.1, -0.05) is 94.9 Å². The molecule has 6 rings (SSSR count). The van der Waals surface area contributed by atoms with E-state index in [2.05, 4.69) is 127 Å². The van der Waals surface area contributed by atoms with Crippen LogP contribution in [0.5, 0.6) is 0 Å². The molecule has 4 saturated heterocycles. The molecule has 0 bridgehead atoms. The van der Waals surface area contributed by atoms with E-state index in [1.807, 2.05) is 14.1 Å². The highest BCUT2D eigenvalue weighted by molar-refractivity contribution is 7.97. The van der Waals surface area contributed by atoms with E-state index in [9.17, 15) is 13.8 Å². The van der Waals surface area contributed by atoms with E-state index in [4.69, 9.17) is 4.74 Å². The number of rotatable bonds is 13. The quantitative estimate of drug-likeness (QED) is 0.146. The Morgan fingerprint density at radius 1 is 0.556 bits per heavy atom. The molecular weight excluding hydrogens is 811 g/mol. The highest BCUT2D eigenvalue weighted by atomic mass is 32.2. The van der Waals surface area contributed by atoms with E-state index in [1.165, 1.54) is 51.4 Å². The summed E-state index contributed by atoms with van der Waals surface area (Å²) in [4.78, 5) is 28.1. The molecule has 6 aliphatic rings. The van der Waals surface area contributed by atoms with Gasteiger partial charge in [-0.3, -0.25) is 13.8 Å². The van der Waals surface area contributed by atoms with Crippen molar-refractivity contribution in [2.45, 2.75) is 234 Å². The Balaban J connectivity index is 0.000000380. The molecule has 0 aromatic carbocycles. The summed E-state index contributed by atoms with van der Waals surface area (Å²) in [6, 6.07) is 7.58. The molecule has 1 atom stereocenters. The van der Waals surface area contributed by atoms with Crippen LogP contribution in [0.4, 0.5) is 0 Å². The molecule has 5 N–H and O–H groups in total. The maximum absolute atomic E-state index is 11.4. The Labute approximate surface area is 389 Å². The molecule has 13 nitrogen and oxygen atoms in total. The summed E-state index contributed by atoms with van der Waals surface area (Å²) < 4.78 is 18.3. The molecule has 0 aromatic heterocycles. The second kappa shape index (κ2) is 31.6. The molecule has 1 unspecified atom stereocenters. The first-order valence-corrected chi connectivity index (χ1v) is 27.1. The molecule has 0 aromatic rings. The number of nitrogens with one attached hydrogen (secondary N) is 5. The molecule has 14 heteroatoms. The van der Waals surface area contributed by atoms with Gasteiger partial charge in [0.25, 0.3) is 0 Å². The van der Waals surface area contributed by atoms with Crippen LogP contribution >= 0.6 is 0 Å². The summed E-state index contributed by atoms with van der Waals surface area (Å²) in [5, 5.41) is 17.2. The van der Waals surface area contributed by atoms with Crippen molar-refractivity contribution in [2.75, 3.05) is 65.8 Å². The van der Waals surface area contributed by atoms with Crippen LogP contribution in [0.25, 0.3) is 0 Å². The number of nitrogens with zero attached hydrogens (tertiary/aromatic N) is 4. The third kappa shape index (κ3) is 27.8. The van der Waals surface area contributed by atoms with Crippen molar-refractivity contribution in [3.8, 4) is 0 Å². The Morgan fingerprint density at radius 3 is 1.22 bits per heavy atom. The summed E-state index contributed by atoms with van der Waals surface area (Å²) in [5.74, 6) is 4.03. The van der Waals surface area contributed by atoms with Crippen LogP contribution in [0.3, 0.4) is 0 Å². The van der Waals surface area contributed by atoms with E-state index in [1.54, 1.807) is 20.1 Å². The molecule has 4 heterocycles. The maximum Gasteiger partial charge on any atom is 0.219 e. The van der Waals surface area contributed by atoms with E-state index in [-0.39, 0.29) is 11.8 Å². The minimum Gasteiger partial charge on any atom is -0.378 e. The fourth-order valence-corrected chi connectivity index (χ4v) is 9.57. The normalized spacial score (nSPS) is 21.3. The van der Waals surface area contributed by atoms with Crippen molar-refractivity contribution in [2.24, 2.45) is 0 Å². The third-order valence-corrected chi connectivity index (χ3v) is 13.6.